The van der Waals surface area contributed by atoms with Gasteiger partial charge in [-0.15, -0.1) is 0 Å². The second-order valence-corrected chi connectivity index (χ2v) is 18.3. The second kappa shape index (κ2) is 37.0. The number of phosphoric acid groups is 1. The van der Waals surface area contributed by atoms with Crippen molar-refractivity contribution in [1.82, 2.24) is 0 Å². The average molecular weight is 859 g/mol. The van der Waals surface area contributed by atoms with Gasteiger partial charge in [0, 0.05) is 25.2 Å². The second-order valence-electron chi connectivity index (χ2n) is 17.0. The molecule has 1 aliphatic carbocycles. The summed E-state index contributed by atoms with van der Waals surface area (Å²) < 4.78 is 26.5. The molecule has 0 aromatic heterocycles. The lowest BCUT2D eigenvalue weighted by molar-refractivity contribution is -0.161. The van der Waals surface area contributed by atoms with Crippen LogP contribution in [0.1, 0.15) is 213 Å². The Kier molecular flexibility index (Phi) is 34.8. The number of aliphatic hydroxyl groups excluding tert-OH is 3. The zero-order chi connectivity index (χ0) is 43.4. The van der Waals surface area contributed by atoms with E-state index >= 15 is 0 Å². The molecule has 5 N–H and O–H groups in total. The van der Waals surface area contributed by atoms with Crippen LogP contribution in [0.2, 0.25) is 0 Å². The Morgan fingerprint density at radius 2 is 1.14 bits per heavy atom. The summed E-state index contributed by atoms with van der Waals surface area (Å²) in [5, 5.41) is 31.3. The van der Waals surface area contributed by atoms with Crippen molar-refractivity contribution in [3.8, 4) is 0 Å². The summed E-state index contributed by atoms with van der Waals surface area (Å²) in [6, 6.07) is 0. The van der Waals surface area contributed by atoms with Crippen molar-refractivity contribution in [2.24, 2.45) is 11.8 Å². The van der Waals surface area contributed by atoms with Crippen LogP contribution in [0.15, 0.2) is 24.3 Å². The topological polar surface area (TPSA) is 180 Å². The molecule has 0 aromatic rings. The molecule has 0 unspecified atom stereocenters. The van der Waals surface area contributed by atoms with Gasteiger partial charge >= 0.3 is 19.8 Å². The van der Waals surface area contributed by atoms with Gasteiger partial charge in [0.25, 0.3) is 0 Å². The third kappa shape index (κ3) is 32.7. The third-order valence-corrected chi connectivity index (χ3v) is 12.0. The molecule has 0 aromatic carbocycles. The summed E-state index contributed by atoms with van der Waals surface area (Å²) in [5.74, 6) is -1.32. The summed E-state index contributed by atoms with van der Waals surface area (Å²) >= 11 is 0. The number of hydrogen-bond acceptors (Lipinski definition) is 9. The van der Waals surface area contributed by atoms with Gasteiger partial charge < -0.3 is 34.6 Å². The van der Waals surface area contributed by atoms with Gasteiger partial charge in [0.15, 0.2) is 6.10 Å². The Morgan fingerprint density at radius 3 is 1.69 bits per heavy atom. The van der Waals surface area contributed by atoms with E-state index < -0.39 is 50.8 Å². The van der Waals surface area contributed by atoms with E-state index in [1.54, 1.807) is 6.08 Å². The van der Waals surface area contributed by atoms with Crippen molar-refractivity contribution in [3.05, 3.63) is 24.3 Å². The molecule has 0 heterocycles. The Balaban J connectivity index is 2.17. The van der Waals surface area contributed by atoms with E-state index in [4.69, 9.17) is 19.3 Å². The first kappa shape index (κ1) is 55.4. The Hall–Kier alpha value is -1.59. The maximum absolute atomic E-state index is 12.6. The fourth-order valence-corrected chi connectivity index (χ4v) is 8.30. The van der Waals surface area contributed by atoms with Crippen molar-refractivity contribution in [2.75, 3.05) is 13.2 Å². The summed E-state index contributed by atoms with van der Waals surface area (Å²) in [6.07, 6.45) is 36.8. The zero-order valence-electron chi connectivity index (χ0n) is 37.2. The number of ether oxygens (including phenoxy) is 2. The van der Waals surface area contributed by atoms with Crippen LogP contribution >= 0.6 is 7.82 Å². The number of phosphoric ester groups is 1. The molecule has 1 aliphatic rings. The molecule has 1 rings (SSSR count). The summed E-state index contributed by atoms with van der Waals surface area (Å²) in [4.78, 5) is 43.2. The Labute approximate surface area is 358 Å². The highest BCUT2D eigenvalue weighted by molar-refractivity contribution is 7.46. The van der Waals surface area contributed by atoms with Gasteiger partial charge in [0.1, 0.15) is 6.61 Å². The first-order valence-electron chi connectivity index (χ1n) is 23.9. The van der Waals surface area contributed by atoms with Gasteiger partial charge in [-0.05, 0) is 57.3 Å². The normalized spacial score (nSPS) is 19.5. The predicted molar refractivity (Wildman–Crippen MR) is 237 cm³/mol. The largest absolute Gasteiger partial charge is 0.469 e. The first-order chi connectivity index (χ1) is 28.5. The minimum atomic E-state index is -4.82. The molecular formula is C47H87O11P. The lowest BCUT2D eigenvalue weighted by atomic mass is 9.88. The molecule has 0 bridgehead atoms. The van der Waals surface area contributed by atoms with E-state index in [1.165, 1.54) is 96.3 Å². The minimum Gasteiger partial charge on any atom is -0.462 e. The predicted octanol–water partition coefficient (Wildman–Crippen LogP) is 11.1. The lowest BCUT2D eigenvalue weighted by Gasteiger charge is -2.21. The molecule has 11 nitrogen and oxygen atoms in total. The lowest BCUT2D eigenvalue weighted by Crippen LogP contribution is -2.29. The van der Waals surface area contributed by atoms with Crippen molar-refractivity contribution in [2.45, 2.75) is 237 Å². The van der Waals surface area contributed by atoms with Crippen LogP contribution in [0.25, 0.3) is 0 Å². The van der Waals surface area contributed by atoms with E-state index in [2.05, 4.69) is 30.5 Å². The van der Waals surface area contributed by atoms with E-state index in [0.717, 1.165) is 64.2 Å². The zero-order valence-corrected chi connectivity index (χ0v) is 38.1. The molecule has 1 saturated carbocycles. The van der Waals surface area contributed by atoms with Crippen molar-refractivity contribution < 1.29 is 53.3 Å². The molecule has 0 radical (unpaired) electrons. The fourth-order valence-electron chi connectivity index (χ4n) is 7.94. The highest BCUT2D eigenvalue weighted by Gasteiger charge is 2.39. The van der Waals surface area contributed by atoms with Crippen LogP contribution in [0.3, 0.4) is 0 Å². The van der Waals surface area contributed by atoms with Gasteiger partial charge in [-0.25, -0.2) is 4.57 Å². The van der Waals surface area contributed by atoms with Gasteiger partial charge in [-0.1, -0.05) is 167 Å². The molecule has 59 heavy (non-hydrogen) atoms. The number of rotatable bonds is 40. The summed E-state index contributed by atoms with van der Waals surface area (Å²) in [5.41, 5.74) is 0. The highest BCUT2D eigenvalue weighted by Crippen LogP contribution is 2.38. The quantitative estimate of drug-likeness (QED) is 0.0171. The number of carbonyl (C=O) groups is 2. The van der Waals surface area contributed by atoms with Gasteiger partial charge in [-0.3, -0.25) is 14.1 Å². The monoisotopic (exact) mass is 859 g/mol. The number of allylic oxidation sites excluding steroid dienone is 2. The van der Waals surface area contributed by atoms with Gasteiger partial charge in [0.2, 0.25) is 0 Å². The molecular weight excluding hydrogens is 771 g/mol. The van der Waals surface area contributed by atoms with E-state index in [0.29, 0.717) is 25.7 Å². The first-order valence-corrected chi connectivity index (χ1v) is 25.4. The van der Waals surface area contributed by atoms with E-state index in [1.807, 2.05) is 6.08 Å². The number of esters is 2. The molecule has 1 fully saturated rings. The number of hydrogen-bond donors (Lipinski definition) is 5. The fraction of sp³-hybridized carbons (Fsp3) is 0.872. The highest BCUT2D eigenvalue weighted by atomic mass is 31.2. The van der Waals surface area contributed by atoms with Crippen LogP contribution < -0.4 is 0 Å². The number of carbonyl (C=O) groups excluding carboxylic acids is 2. The van der Waals surface area contributed by atoms with Crippen LogP contribution in [0, 0.1) is 11.8 Å². The van der Waals surface area contributed by atoms with E-state index in [-0.39, 0.29) is 31.3 Å². The Morgan fingerprint density at radius 1 is 0.644 bits per heavy atom. The van der Waals surface area contributed by atoms with Crippen LogP contribution in [-0.4, -0.2) is 74.7 Å². The standard InChI is InChI=1S/C47H87O11P/c1-3-5-7-8-9-10-11-12-13-14-15-16-17-18-19-20-21-22-23-24-29-33-46(51)56-38-41(39-57-59(53,54)55)58-47(52)34-30-26-25-28-32-42-43(45(50)37-44(42)49)36-35-40(48)31-27-6-4-2/h12-13,35-36,40-45,48-50H,3-11,14-34,37-39H2,1-2H3,(H2,53,54,55)/b13-12-,36-35+/t40-,41+,42+,43+,44-,45+/m0/s1. The minimum absolute atomic E-state index is 0.0870. The van der Waals surface area contributed by atoms with E-state index in [9.17, 15) is 29.5 Å². The average Bonchev–Trinajstić information content (AvgIpc) is 3.47. The summed E-state index contributed by atoms with van der Waals surface area (Å²) in [7, 11) is -4.82. The molecule has 346 valence electrons. The van der Waals surface area contributed by atoms with Crippen molar-refractivity contribution in [1.29, 1.82) is 0 Å². The van der Waals surface area contributed by atoms with Gasteiger partial charge in [0.05, 0.1) is 24.9 Å². The molecule has 0 aliphatic heterocycles. The maximum atomic E-state index is 12.6. The molecule has 0 amide bonds. The van der Waals surface area contributed by atoms with Crippen LogP contribution in [0.4, 0.5) is 0 Å². The molecule has 0 saturated heterocycles. The van der Waals surface area contributed by atoms with Gasteiger partial charge in [-0.2, -0.15) is 0 Å². The van der Waals surface area contributed by atoms with Crippen LogP contribution in [0.5, 0.6) is 0 Å². The van der Waals surface area contributed by atoms with Crippen LogP contribution in [-0.2, 0) is 28.2 Å². The number of aliphatic hydroxyl groups is 3. The SMILES string of the molecule is CCCCCCCC/C=C\CCCCCCCCCCCCCC(=O)OC[C@H](COP(=O)(O)O)OC(=O)CCCCCC[C@@H]1[C@@H](/C=C/[C@@H](O)CCCCC)[C@H](O)C[C@@H]1O. The van der Waals surface area contributed by atoms with Crippen molar-refractivity contribution in [3.63, 3.8) is 0 Å². The summed E-state index contributed by atoms with van der Waals surface area (Å²) in [6.45, 7) is 3.43. The maximum Gasteiger partial charge on any atom is 0.469 e. The molecule has 0 spiro atoms. The third-order valence-electron chi connectivity index (χ3n) is 11.5. The molecule has 12 heteroatoms. The number of unbranched alkanes of at least 4 members (excludes halogenated alkanes) is 22. The smallest absolute Gasteiger partial charge is 0.462 e. The van der Waals surface area contributed by atoms with Crippen molar-refractivity contribution >= 4 is 19.8 Å². The molecule has 6 atom stereocenters. The Bertz CT molecular complexity index is 1130.